The van der Waals surface area contributed by atoms with Gasteiger partial charge in [0.05, 0.1) is 11.4 Å². The average molecular weight is 517 g/mol. The van der Waals surface area contributed by atoms with Gasteiger partial charge in [-0.1, -0.05) is 19.8 Å². The van der Waals surface area contributed by atoms with Crippen molar-refractivity contribution >= 4 is 17.6 Å². The van der Waals surface area contributed by atoms with Gasteiger partial charge in [0.1, 0.15) is 11.5 Å². The third-order valence-electron chi connectivity index (χ3n) is 6.11. The van der Waals surface area contributed by atoms with Crippen molar-refractivity contribution in [1.29, 1.82) is 0 Å². The topological polar surface area (TPSA) is 105 Å². The average Bonchev–Trinajstić information content (AvgIpc) is 3.52. The first-order valence-corrected chi connectivity index (χ1v) is 12.0. The van der Waals surface area contributed by atoms with E-state index >= 15 is 0 Å². The number of ether oxygens (including phenoxy) is 1. The van der Waals surface area contributed by atoms with Gasteiger partial charge < -0.3 is 20.5 Å². The molecule has 2 aromatic carbocycles. The standard InChI is InChI=1S/C26H27F3N4O4/c1-2-13-30-25(36)33-22(16-5-3-4-6-16)15-21(32-33)20-12-9-18(14-23(20)34)31-24(35)17-7-10-19(11-8-17)37-26(27,28)29/h7-12,14-16,34H,2-6,13H2,1H3,(H,30,36)(H,31,35). The van der Waals surface area contributed by atoms with Crippen molar-refractivity contribution < 1.29 is 32.6 Å². The number of hydrogen-bond donors (Lipinski definition) is 3. The minimum Gasteiger partial charge on any atom is -0.507 e. The molecule has 0 saturated heterocycles. The molecule has 37 heavy (non-hydrogen) atoms. The summed E-state index contributed by atoms with van der Waals surface area (Å²) in [4.78, 5) is 25.2. The van der Waals surface area contributed by atoms with Crippen molar-refractivity contribution in [2.45, 2.75) is 51.3 Å². The predicted octanol–water partition coefficient (Wildman–Crippen LogP) is 6.03. The predicted molar refractivity (Wildman–Crippen MR) is 131 cm³/mol. The molecule has 3 N–H and O–H groups in total. The summed E-state index contributed by atoms with van der Waals surface area (Å²) >= 11 is 0. The van der Waals surface area contributed by atoms with Crippen LogP contribution in [0.1, 0.15) is 61.0 Å². The van der Waals surface area contributed by atoms with Crippen molar-refractivity contribution in [2.75, 3.05) is 11.9 Å². The molecule has 1 aliphatic carbocycles. The van der Waals surface area contributed by atoms with Crippen molar-refractivity contribution in [3.63, 3.8) is 0 Å². The van der Waals surface area contributed by atoms with Gasteiger partial charge in [0.15, 0.2) is 0 Å². The van der Waals surface area contributed by atoms with Crippen molar-refractivity contribution in [3.05, 3.63) is 59.8 Å². The number of benzene rings is 2. The Hall–Kier alpha value is -4.02. The van der Waals surface area contributed by atoms with E-state index in [-0.39, 0.29) is 28.9 Å². The summed E-state index contributed by atoms with van der Waals surface area (Å²) in [5.74, 6) is -0.956. The Balaban J connectivity index is 1.52. The van der Waals surface area contributed by atoms with Crippen LogP contribution in [0.4, 0.5) is 23.7 Å². The number of nitrogens with one attached hydrogen (secondary N) is 2. The lowest BCUT2D eigenvalue weighted by Crippen LogP contribution is -2.31. The SMILES string of the molecule is CCCNC(=O)n1nc(-c2ccc(NC(=O)c3ccc(OC(F)(F)F)cc3)cc2O)cc1C1CCCC1. The number of rotatable bonds is 7. The highest BCUT2D eigenvalue weighted by molar-refractivity contribution is 6.04. The Kier molecular flexibility index (Phi) is 7.70. The van der Waals surface area contributed by atoms with E-state index < -0.39 is 18.0 Å². The zero-order valence-corrected chi connectivity index (χ0v) is 20.1. The van der Waals surface area contributed by atoms with Crippen LogP contribution in [-0.4, -0.2) is 39.7 Å². The van der Waals surface area contributed by atoms with E-state index in [2.05, 4.69) is 20.5 Å². The summed E-state index contributed by atoms with van der Waals surface area (Å²) in [6.45, 7) is 2.48. The zero-order chi connectivity index (χ0) is 26.6. The normalized spacial score (nSPS) is 13.9. The van der Waals surface area contributed by atoms with E-state index in [9.17, 15) is 27.9 Å². The first-order chi connectivity index (χ1) is 17.6. The molecule has 4 rings (SSSR count). The molecule has 0 unspecified atom stereocenters. The molecule has 0 aliphatic heterocycles. The van der Waals surface area contributed by atoms with E-state index in [0.717, 1.165) is 49.9 Å². The number of phenols is 1. The second-order valence-electron chi connectivity index (χ2n) is 8.84. The molecule has 2 amide bonds. The lowest BCUT2D eigenvalue weighted by molar-refractivity contribution is -0.274. The number of anilines is 1. The molecule has 0 bridgehead atoms. The maximum absolute atomic E-state index is 12.7. The third kappa shape index (κ3) is 6.41. The summed E-state index contributed by atoms with van der Waals surface area (Å²) in [5.41, 5.74) is 2.02. The first-order valence-electron chi connectivity index (χ1n) is 12.0. The van der Waals surface area contributed by atoms with E-state index in [4.69, 9.17) is 0 Å². The number of aromatic hydroxyl groups is 1. The molecule has 0 atom stereocenters. The molecule has 1 fully saturated rings. The monoisotopic (exact) mass is 516 g/mol. The van der Waals surface area contributed by atoms with Gasteiger partial charge in [-0.25, -0.2) is 4.79 Å². The van der Waals surface area contributed by atoms with Crippen molar-refractivity contribution in [3.8, 4) is 22.8 Å². The van der Waals surface area contributed by atoms with Crippen LogP contribution in [0.3, 0.4) is 0 Å². The smallest absolute Gasteiger partial charge is 0.507 e. The fraction of sp³-hybridized carbons (Fsp3) is 0.346. The lowest BCUT2D eigenvalue weighted by Gasteiger charge is -2.11. The fourth-order valence-corrected chi connectivity index (χ4v) is 4.35. The van der Waals surface area contributed by atoms with E-state index in [1.54, 1.807) is 12.1 Å². The maximum atomic E-state index is 12.7. The fourth-order valence-electron chi connectivity index (χ4n) is 4.35. The molecule has 8 nitrogen and oxygen atoms in total. The Morgan fingerprint density at radius 2 is 1.81 bits per heavy atom. The number of hydrogen-bond acceptors (Lipinski definition) is 5. The molecule has 0 spiro atoms. The number of halogens is 3. The maximum Gasteiger partial charge on any atom is 0.573 e. The summed E-state index contributed by atoms with van der Waals surface area (Å²) in [5, 5.41) is 20.6. The van der Waals surface area contributed by atoms with Gasteiger partial charge >= 0.3 is 12.4 Å². The molecular weight excluding hydrogens is 489 g/mol. The van der Waals surface area contributed by atoms with Crippen LogP contribution in [0, 0.1) is 0 Å². The number of phenolic OH excluding ortho intramolecular Hbond substituents is 1. The first kappa shape index (κ1) is 26.1. The number of amides is 2. The third-order valence-corrected chi connectivity index (χ3v) is 6.11. The summed E-state index contributed by atoms with van der Waals surface area (Å²) < 4.78 is 42.1. The highest BCUT2D eigenvalue weighted by atomic mass is 19.4. The highest BCUT2D eigenvalue weighted by Crippen LogP contribution is 2.38. The highest BCUT2D eigenvalue weighted by Gasteiger charge is 2.31. The van der Waals surface area contributed by atoms with Crippen LogP contribution in [-0.2, 0) is 0 Å². The minimum absolute atomic E-state index is 0.108. The molecule has 1 saturated carbocycles. The van der Waals surface area contributed by atoms with Gasteiger partial charge in [-0.05, 0) is 61.7 Å². The minimum atomic E-state index is -4.82. The number of alkyl halides is 3. The van der Waals surface area contributed by atoms with E-state index in [1.807, 2.05) is 13.0 Å². The molecule has 11 heteroatoms. The molecule has 1 heterocycles. The van der Waals surface area contributed by atoms with Gasteiger partial charge in [0, 0.05) is 35.3 Å². The van der Waals surface area contributed by atoms with Crippen molar-refractivity contribution in [2.24, 2.45) is 0 Å². The van der Waals surface area contributed by atoms with Gasteiger partial charge in [-0.2, -0.15) is 9.78 Å². The summed E-state index contributed by atoms with van der Waals surface area (Å²) in [7, 11) is 0. The molecule has 196 valence electrons. The Morgan fingerprint density at radius 1 is 1.11 bits per heavy atom. The Labute approximate surface area is 211 Å². The molecule has 1 aromatic heterocycles. The second-order valence-corrected chi connectivity index (χ2v) is 8.84. The molecule has 0 radical (unpaired) electrons. The summed E-state index contributed by atoms with van der Waals surface area (Å²) in [6, 6.07) is 10.5. The molecule has 3 aromatic rings. The van der Waals surface area contributed by atoms with Crippen LogP contribution in [0.5, 0.6) is 11.5 Å². The Morgan fingerprint density at radius 3 is 2.43 bits per heavy atom. The van der Waals surface area contributed by atoms with Crippen LogP contribution < -0.4 is 15.4 Å². The van der Waals surface area contributed by atoms with Crippen LogP contribution in [0.2, 0.25) is 0 Å². The zero-order valence-electron chi connectivity index (χ0n) is 20.1. The quantitative estimate of drug-likeness (QED) is 0.356. The Bertz CT molecular complexity index is 1270. The van der Waals surface area contributed by atoms with Gasteiger partial charge in [0.25, 0.3) is 5.91 Å². The van der Waals surface area contributed by atoms with E-state index in [0.29, 0.717) is 17.8 Å². The summed E-state index contributed by atoms with van der Waals surface area (Å²) in [6.07, 6.45) is 0.0615. The van der Waals surface area contributed by atoms with Gasteiger partial charge in [-0.15, -0.1) is 13.2 Å². The number of carbonyl (C=O) groups excluding carboxylic acids is 2. The number of aromatic nitrogens is 2. The number of carbonyl (C=O) groups is 2. The largest absolute Gasteiger partial charge is 0.573 e. The lowest BCUT2D eigenvalue weighted by atomic mass is 10.0. The van der Waals surface area contributed by atoms with Crippen LogP contribution in [0.25, 0.3) is 11.3 Å². The van der Waals surface area contributed by atoms with Crippen LogP contribution in [0.15, 0.2) is 48.5 Å². The second kappa shape index (κ2) is 10.9. The van der Waals surface area contributed by atoms with Gasteiger partial charge in [-0.3, -0.25) is 4.79 Å². The molecular formula is C26H27F3N4O4. The molecule has 1 aliphatic rings. The van der Waals surface area contributed by atoms with Crippen LogP contribution >= 0.6 is 0 Å². The number of nitrogens with zero attached hydrogens (tertiary/aromatic N) is 2. The van der Waals surface area contributed by atoms with Crippen molar-refractivity contribution in [1.82, 2.24) is 15.1 Å². The van der Waals surface area contributed by atoms with Gasteiger partial charge in [0.2, 0.25) is 0 Å². The van der Waals surface area contributed by atoms with E-state index in [1.165, 1.54) is 22.9 Å².